The molecule has 0 bridgehead atoms. The van der Waals surface area contributed by atoms with E-state index in [0.717, 1.165) is 0 Å². The number of hydrogen-bond donors (Lipinski definition) is 2. The van der Waals surface area contributed by atoms with E-state index in [-0.39, 0.29) is 29.8 Å². The third-order valence-electron chi connectivity index (χ3n) is 4.73. The number of anilines is 1. The highest BCUT2D eigenvalue weighted by Gasteiger charge is 2.23. The number of benzene rings is 2. The number of fused-ring (bicyclic) bond motifs is 1. The highest BCUT2D eigenvalue weighted by Crippen LogP contribution is 2.32. The average molecular weight is 413 g/mol. The average Bonchev–Trinajstić information content (AvgIpc) is 3.08. The number of hydrogen-bond acceptors (Lipinski definition) is 4. The minimum absolute atomic E-state index is 0.143. The van der Waals surface area contributed by atoms with Crippen LogP contribution in [0.5, 0.6) is 0 Å². The minimum Gasteiger partial charge on any atom is -0.469 e. The van der Waals surface area contributed by atoms with Crippen LogP contribution in [0, 0.1) is 5.92 Å². The molecule has 0 aliphatic heterocycles. The topological polar surface area (TPSA) is 88.3 Å². The Hall–Kier alpha value is -3.12. The van der Waals surface area contributed by atoms with Crippen LogP contribution >= 0.6 is 11.6 Å². The summed E-state index contributed by atoms with van der Waals surface area (Å²) in [6.45, 7) is 1.72. The zero-order valence-electron chi connectivity index (χ0n) is 16.1. The quantitative estimate of drug-likeness (QED) is 0.439. The van der Waals surface area contributed by atoms with Gasteiger partial charge in [-0.05, 0) is 24.6 Å². The first-order valence-corrected chi connectivity index (χ1v) is 9.57. The van der Waals surface area contributed by atoms with E-state index in [2.05, 4.69) is 15.0 Å². The standard InChI is InChI=1S/C22H21ClN2O4/c1-13(8-11-18(26)29-2)22(28)25-19-16-10-9-15(23)12-17(16)24-20(19)21(27)14-6-4-3-5-7-14/h3-7,9-10,12-13,24H,8,11H2,1-2H3,(H,25,28). The second-order valence-corrected chi connectivity index (χ2v) is 7.20. The normalized spacial score (nSPS) is 11.8. The molecule has 0 fully saturated rings. The van der Waals surface area contributed by atoms with Gasteiger partial charge >= 0.3 is 5.97 Å². The number of ether oxygens (including phenoxy) is 1. The summed E-state index contributed by atoms with van der Waals surface area (Å²) in [5.74, 6) is -1.33. The highest BCUT2D eigenvalue weighted by atomic mass is 35.5. The zero-order valence-corrected chi connectivity index (χ0v) is 16.9. The van der Waals surface area contributed by atoms with Gasteiger partial charge in [0.05, 0.1) is 12.8 Å². The number of carbonyl (C=O) groups is 3. The number of H-pyrrole nitrogens is 1. The lowest BCUT2D eigenvalue weighted by molar-refractivity contribution is -0.141. The Morgan fingerprint density at radius 1 is 1.14 bits per heavy atom. The summed E-state index contributed by atoms with van der Waals surface area (Å²) < 4.78 is 4.62. The van der Waals surface area contributed by atoms with Crippen LogP contribution in [-0.4, -0.2) is 29.8 Å². The van der Waals surface area contributed by atoms with Crippen molar-refractivity contribution < 1.29 is 19.1 Å². The molecular formula is C22H21ClN2O4. The molecule has 150 valence electrons. The summed E-state index contributed by atoms with van der Waals surface area (Å²) in [6, 6.07) is 14.0. The number of carbonyl (C=O) groups excluding carboxylic acids is 3. The molecule has 0 aliphatic carbocycles. The van der Waals surface area contributed by atoms with E-state index < -0.39 is 5.92 Å². The Balaban J connectivity index is 1.94. The van der Waals surface area contributed by atoms with Gasteiger partial charge in [-0.2, -0.15) is 0 Å². The lowest BCUT2D eigenvalue weighted by Gasteiger charge is -2.12. The summed E-state index contributed by atoms with van der Waals surface area (Å²) >= 11 is 6.08. The molecule has 3 rings (SSSR count). The Kier molecular flexibility index (Phi) is 6.34. The number of amides is 1. The molecule has 0 aliphatic rings. The van der Waals surface area contributed by atoms with Crippen molar-refractivity contribution in [2.75, 3.05) is 12.4 Å². The van der Waals surface area contributed by atoms with Crippen LogP contribution in [0.4, 0.5) is 5.69 Å². The number of aromatic amines is 1. The summed E-state index contributed by atoms with van der Waals surface area (Å²) in [5.41, 5.74) is 1.83. The molecule has 2 aromatic carbocycles. The van der Waals surface area contributed by atoms with Crippen molar-refractivity contribution >= 4 is 45.9 Å². The van der Waals surface area contributed by atoms with Gasteiger partial charge in [0, 0.05) is 33.8 Å². The SMILES string of the molecule is COC(=O)CCC(C)C(=O)Nc1c(C(=O)c2ccccc2)[nH]c2cc(Cl)ccc12. The molecule has 6 nitrogen and oxygen atoms in total. The first-order chi connectivity index (χ1) is 13.9. The lowest BCUT2D eigenvalue weighted by Crippen LogP contribution is -2.22. The van der Waals surface area contributed by atoms with E-state index in [1.807, 2.05) is 6.07 Å². The van der Waals surface area contributed by atoms with E-state index in [9.17, 15) is 14.4 Å². The third kappa shape index (κ3) is 4.66. The minimum atomic E-state index is -0.439. The van der Waals surface area contributed by atoms with Gasteiger partial charge < -0.3 is 15.0 Å². The summed E-state index contributed by atoms with van der Waals surface area (Å²) in [4.78, 5) is 40.2. The lowest BCUT2D eigenvalue weighted by atomic mass is 10.0. The van der Waals surface area contributed by atoms with Crippen molar-refractivity contribution in [3.05, 3.63) is 64.8 Å². The molecular weight excluding hydrogens is 392 g/mol. The van der Waals surface area contributed by atoms with Gasteiger partial charge in [-0.25, -0.2) is 0 Å². The van der Waals surface area contributed by atoms with E-state index in [4.69, 9.17) is 11.6 Å². The van der Waals surface area contributed by atoms with Crippen LogP contribution in [0.3, 0.4) is 0 Å². The second-order valence-electron chi connectivity index (χ2n) is 6.77. The Morgan fingerprint density at radius 2 is 1.86 bits per heavy atom. The molecule has 29 heavy (non-hydrogen) atoms. The van der Waals surface area contributed by atoms with Gasteiger partial charge in [0.1, 0.15) is 5.69 Å². The molecule has 7 heteroatoms. The molecule has 1 unspecified atom stereocenters. The van der Waals surface area contributed by atoms with Crippen LogP contribution in [-0.2, 0) is 14.3 Å². The molecule has 1 heterocycles. The first kappa shape index (κ1) is 20.6. The summed E-state index contributed by atoms with van der Waals surface area (Å²) in [5, 5.41) is 4.06. The highest BCUT2D eigenvalue weighted by molar-refractivity contribution is 6.31. The second kappa shape index (κ2) is 8.92. The van der Waals surface area contributed by atoms with Gasteiger partial charge in [-0.3, -0.25) is 14.4 Å². The predicted octanol–water partition coefficient (Wildman–Crippen LogP) is 4.58. The summed E-state index contributed by atoms with van der Waals surface area (Å²) in [7, 11) is 1.31. The van der Waals surface area contributed by atoms with Crippen LogP contribution < -0.4 is 5.32 Å². The maximum atomic E-state index is 13.1. The number of nitrogens with one attached hydrogen (secondary N) is 2. The first-order valence-electron chi connectivity index (χ1n) is 9.19. The van der Waals surface area contributed by atoms with Crippen LogP contribution in [0.2, 0.25) is 5.02 Å². The number of rotatable bonds is 7. The number of esters is 1. The van der Waals surface area contributed by atoms with Crippen LogP contribution in [0.1, 0.15) is 35.8 Å². The third-order valence-corrected chi connectivity index (χ3v) is 4.96. The molecule has 1 amide bonds. The van der Waals surface area contributed by atoms with Gasteiger partial charge in [-0.15, -0.1) is 0 Å². The largest absolute Gasteiger partial charge is 0.469 e. The zero-order chi connectivity index (χ0) is 21.0. The number of aromatic nitrogens is 1. The Bertz CT molecular complexity index is 1060. The van der Waals surface area contributed by atoms with Crippen molar-refractivity contribution in [3.63, 3.8) is 0 Å². The summed E-state index contributed by atoms with van der Waals surface area (Å²) in [6.07, 6.45) is 0.485. The van der Waals surface area contributed by atoms with E-state index in [1.54, 1.807) is 49.4 Å². The Labute approximate surface area is 173 Å². The van der Waals surface area contributed by atoms with E-state index >= 15 is 0 Å². The molecule has 1 aromatic heterocycles. The van der Waals surface area contributed by atoms with E-state index in [0.29, 0.717) is 33.6 Å². The molecule has 1 atom stereocenters. The van der Waals surface area contributed by atoms with Gasteiger partial charge in [0.15, 0.2) is 0 Å². The van der Waals surface area contributed by atoms with Crippen molar-refractivity contribution in [3.8, 4) is 0 Å². The van der Waals surface area contributed by atoms with Gasteiger partial charge in [0.25, 0.3) is 0 Å². The molecule has 2 N–H and O–H groups in total. The predicted molar refractivity (Wildman–Crippen MR) is 112 cm³/mol. The number of ketones is 1. The fourth-order valence-electron chi connectivity index (χ4n) is 3.02. The maximum Gasteiger partial charge on any atom is 0.305 e. The number of halogens is 1. The molecule has 3 aromatic rings. The molecule has 0 spiro atoms. The van der Waals surface area contributed by atoms with Crippen molar-refractivity contribution in [2.24, 2.45) is 5.92 Å². The van der Waals surface area contributed by atoms with Gasteiger partial charge in [0.2, 0.25) is 11.7 Å². The maximum absolute atomic E-state index is 13.1. The number of methoxy groups -OCH3 is 1. The molecule has 0 radical (unpaired) electrons. The Morgan fingerprint density at radius 3 is 2.55 bits per heavy atom. The van der Waals surface area contributed by atoms with Crippen LogP contribution in [0.15, 0.2) is 48.5 Å². The fraction of sp³-hybridized carbons (Fsp3) is 0.227. The van der Waals surface area contributed by atoms with Gasteiger partial charge in [-0.1, -0.05) is 48.9 Å². The van der Waals surface area contributed by atoms with Crippen LogP contribution in [0.25, 0.3) is 10.9 Å². The van der Waals surface area contributed by atoms with E-state index in [1.165, 1.54) is 7.11 Å². The monoisotopic (exact) mass is 412 g/mol. The van der Waals surface area contributed by atoms with Crippen molar-refractivity contribution in [1.29, 1.82) is 0 Å². The van der Waals surface area contributed by atoms with Crippen molar-refractivity contribution in [2.45, 2.75) is 19.8 Å². The van der Waals surface area contributed by atoms with Crippen molar-refractivity contribution in [1.82, 2.24) is 4.98 Å². The molecule has 0 saturated heterocycles. The fourth-order valence-corrected chi connectivity index (χ4v) is 3.19. The smallest absolute Gasteiger partial charge is 0.305 e. The molecule has 0 saturated carbocycles.